The Morgan fingerprint density at radius 2 is 1.91 bits per heavy atom. The van der Waals surface area contributed by atoms with Gasteiger partial charge in [0.05, 0.1) is 16.8 Å². The van der Waals surface area contributed by atoms with Crippen molar-refractivity contribution in [1.29, 1.82) is 0 Å². The number of hydrogen-bond donors (Lipinski definition) is 1. The lowest BCUT2D eigenvalue weighted by Crippen LogP contribution is -2.22. The van der Waals surface area contributed by atoms with Crippen LogP contribution < -0.4 is 10.1 Å². The summed E-state index contributed by atoms with van der Waals surface area (Å²) >= 11 is 1.57. The van der Waals surface area contributed by atoms with Crippen molar-refractivity contribution in [3.63, 3.8) is 0 Å². The SMILES string of the molecule is Cc1nc(COc2ccc(C(=O)NCc3ccc(-c4nc5ccccc5s4)o3)cc2)no1. The van der Waals surface area contributed by atoms with E-state index in [4.69, 9.17) is 13.7 Å². The topological polar surface area (TPSA) is 103 Å². The van der Waals surface area contributed by atoms with Crippen LogP contribution in [0.25, 0.3) is 21.0 Å². The molecule has 0 radical (unpaired) electrons. The first-order chi connectivity index (χ1) is 15.6. The molecule has 3 heterocycles. The number of aryl methyl sites for hydroxylation is 1. The van der Waals surface area contributed by atoms with E-state index in [1.807, 2.05) is 36.4 Å². The zero-order valence-corrected chi connectivity index (χ0v) is 17.9. The molecule has 0 fully saturated rings. The molecule has 0 atom stereocenters. The van der Waals surface area contributed by atoms with E-state index in [-0.39, 0.29) is 19.1 Å². The van der Waals surface area contributed by atoms with Crippen LogP contribution in [0.3, 0.4) is 0 Å². The van der Waals surface area contributed by atoms with Crippen molar-refractivity contribution in [2.24, 2.45) is 0 Å². The van der Waals surface area contributed by atoms with Gasteiger partial charge in [-0.2, -0.15) is 4.98 Å². The average Bonchev–Trinajstić information content (AvgIpc) is 3.55. The number of carbonyl (C=O) groups excluding carboxylic acids is 1. The van der Waals surface area contributed by atoms with Gasteiger partial charge >= 0.3 is 0 Å². The van der Waals surface area contributed by atoms with Gasteiger partial charge in [0.2, 0.25) is 11.7 Å². The number of rotatable bonds is 7. The van der Waals surface area contributed by atoms with Crippen molar-refractivity contribution >= 4 is 27.5 Å². The number of hydrogen-bond acceptors (Lipinski definition) is 8. The number of para-hydroxylation sites is 1. The Labute approximate surface area is 186 Å². The molecule has 2 aromatic carbocycles. The number of carbonyl (C=O) groups is 1. The van der Waals surface area contributed by atoms with E-state index in [9.17, 15) is 4.79 Å². The first-order valence-corrected chi connectivity index (χ1v) is 10.7. The maximum absolute atomic E-state index is 12.5. The van der Waals surface area contributed by atoms with Crippen molar-refractivity contribution in [2.45, 2.75) is 20.1 Å². The van der Waals surface area contributed by atoms with Crippen LogP contribution in [0.5, 0.6) is 5.75 Å². The summed E-state index contributed by atoms with van der Waals surface area (Å²) in [5, 5.41) is 7.45. The third-order valence-electron chi connectivity index (χ3n) is 4.64. The summed E-state index contributed by atoms with van der Waals surface area (Å²) in [7, 11) is 0. The van der Waals surface area contributed by atoms with E-state index in [1.165, 1.54) is 0 Å². The zero-order valence-electron chi connectivity index (χ0n) is 17.1. The number of aromatic nitrogens is 3. The molecule has 0 saturated carbocycles. The van der Waals surface area contributed by atoms with Crippen LogP contribution in [0.4, 0.5) is 0 Å². The summed E-state index contributed by atoms with van der Waals surface area (Å²) in [6.07, 6.45) is 0. The highest BCUT2D eigenvalue weighted by atomic mass is 32.1. The Morgan fingerprint density at radius 1 is 1.06 bits per heavy atom. The molecule has 0 aliphatic rings. The third kappa shape index (κ3) is 4.37. The van der Waals surface area contributed by atoms with Gasteiger partial charge < -0.3 is 19.0 Å². The summed E-state index contributed by atoms with van der Waals surface area (Å²) < 4.78 is 17.5. The van der Waals surface area contributed by atoms with Gasteiger partial charge in [0.15, 0.2) is 17.4 Å². The fraction of sp³-hybridized carbons (Fsp3) is 0.130. The number of ether oxygens (including phenoxy) is 1. The number of furan rings is 1. The Morgan fingerprint density at radius 3 is 2.69 bits per heavy atom. The minimum Gasteiger partial charge on any atom is -0.485 e. The van der Waals surface area contributed by atoms with Crippen molar-refractivity contribution in [2.75, 3.05) is 0 Å². The molecular weight excluding hydrogens is 428 g/mol. The highest BCUT2D eigenvalue weighted by molar-refractivity contribution is 7.21. The quantitative estimate of drug-likeness (QED) is 0.384. The third-order valence-corrected chi connectivity index (χ3v) is 5.69. The van der Waals surface area contributed by atoms with Crippen LogP contribution in [-0.2, 0) is 13.2 Å². The normalized spacial score (nSPS) is 11.0. The van der Waals surface area contributed by atoms with Gasteiger partial charge in [0.25, 0.3) is 5.91 Å². The first-order valence-electron chi connectivity index (χ1n) is 9.89. The summed E-state index contributed by atoms with van der Waals surface area (Å²) in [4.78, 5) is 21.1. The van der Waals surface area contributed by atoms with Gasteiger partial charge in [-0.3, -0.25) is 4.79 Å². The second-order valence-electron chi connectivity index (χ2n) is 6.98. The largest absolute Gasteiger partial charge is 0.485 e. The van der Waals surface area contributed by atoms with Gasteiger partial charge in [-0.1, -0.05) is 17.3 Å². The Hall–Kier alpha value is -3.98. The molecular formula is C23H18N4O4S. The molecule has 0 bridgehead atoms. The number of thiazole rings is 1. The monoisotopic (exact) mass is 446 g/mol. The highest BCUT2D eigenvalue weighted by Gasteiger charge is 2.12. The number of nitrogens with one attached hydrogen (secondary N) is 1. The van der Waals surface area contributed by atoms with Gasteiger partial charge in [-0.25, -0.2) is 4.98 Å². The molecule has 0 unspecified atom stereocenters. The number of amides is 1. The van der Waals surface area contributed by atoms with E-state index in [1.54, 1.807) is 42.5 Å². The standard InChI is InChI=1S/C23H18N4O4S/c1-14-25-21(27-31-14)13-29-16-8-6-15(7-9-16)22(28)24-12-17-10-11-19(30-17)23-26-18-4-2-3-5-20(18)32-23/h2-11H,12-13H2,1H3,(H,24,28). The molecule has 3 aromatic heterocycles. The molecule has 8 nitrogen and oxygen atoms in total. The van der Waals surface area contributed by atoms with Crippen molar-refractivity contribution in [3.05, 3.63) is 83.7 Å². The van der Waals surface area contributed by atoms with Crippen LogP contribution in [0.2, 0.25) is 0 Å². The van der Waals surface area contributed by atoms with Crippen molar-refractivity contribution in [1.82, 2.24) is 20.4 Å². The van der Waals surface area contributed by atoms with Crippen LogP contribution >= 0.6 is 11.3 Å². The fourth-order valence-electron chi connectivity index (χ4n) is 3.09. The molecule has 0 aliphatic heterocycles. The Kier molecular flexibility index (Phi) is 5.39. The number of fused-ring (bicyclic) bond motifs is 1. The van der Waals surface area contributed by atoms with Crippen molar-refractivity contribution in [3.8, 4) is 16.5 Å². The van der Waals surface area contributed by atoms with E-state index in [0.29, 0.717) is 34.5 Å². The van der Waals surface area contributed by atoms with Crippen LogP contribution in [0.15, 0.2) is 69.6 Å². The van der Waals surface area contributed by atoms with Gasteiger partial charge in [-0.15, -0.1) is 11.3 Å². The van der Waals surface area contributed by atoms with Crippen LogP contribution in [0, 0.1) is 6.92 Å². The minimum absolute atomic E-state index is 0.193. The van der Waals surface area contributed by atoms with E-state index in [0.717, 1.165) is 15.2 Å². The second kappa shape index (κ2) is 8.64. The molecule has 0 spiro atoms. The van der Waals surface area contributed by atoms with E-state index >= 15 is 0 Å². The number of benzene rings is 2. The molecule has 32 heavy (non-hydrogen) atoms. The van der Waals surface area contributed by atoms with E-state index < -0.39 is 0 Å². The van der Waals surface area contributed by atoms with Gasteiger partial charge in [0.1, 0.15) is 11.5 Å². The molecule has 0 aliphatic carbocycles. The zero-order chi connectivity index (χ0) is 21.9. The highest BCUT2D eigenvalue weighted by Crippen LogP contribution is 2.31. The second-order valence-corrected chi connectivity index (χ2v) is 8.01. The molecule has 1 amide bonds. The average molecular weight is 446 g/mol. The molecule has 0 saturated heterocycles. The molecule has 5 aromatic rings. The first kappa shape index (κ1) is 20.0. The van der Waals surface area contributed by atoms with Crippen LogP contribution in [-0.4, -0.2) is 21.0 Å². The van der Waals surface area contributed by atoms with Crippen LogP contribution in [0.1, 0.15) is 27.8 Å². The maximum Gasteiger partial charge on any atom is 0.251 e. The lowest BCUT2D eigenvalue weighted by Gasteiger charge is -2.06. The van der Waals surface area contributed by atoms with Gasteiger partial charge in [0, 0.05) is 12.5 Å². The Bertz CT molecular complexity index is 1340. The molecule has 9 heteroatoms. The van der Waals surface area contributed by atoms with E-state index in [2.05, 4.69) is 20.4 Å². The summed E-state index contributed by atoms with van der Waals surface area (Å²) in [5.41, 5.74) is 1.46. The lowest BCUT2D eigenvalue weighted by atomic mass is 10.2. The summed E-state index contributed by atoms with van der Waals surface area (Å²) in [5.74, 6) is 2.70. The van der Waals surface area contributed by atoms with Gasteiger partial charge in [-0.05, 0) is 48.5 Å². The molecule has 5 rings (SSSR count). The number of nitrogens with zero attached hydrogens (tertiary/aromatic N) is 3. The predicted molar refractivity (Wildman–Crippen MR) is 118 cm³/mol. The molecule has 1 N–H and O–H groups in total. The maximum atomic E-state index is 12.5. The minimum atomic E-state index is -0.205. The van der Waals surface area contributed by atoms with Crippen molar-refractivity contribution < 1.29 is 18.5 Å². The summed E-state index contributed by atoms with van der Waals surface area (Å²) in [6.45, 7) is 2.19. The molecule has 160 valence electrons. The lowest BCUT2D eigenvalue weighted by molar-refractivity contribution is 0.0948. The smallest absolute Gasteiger partial charge is 0.251 e. The fourth-order valence-corrected chi connectivity index (χ4v) is 4.01. The Balaban J connectivity index is 1.17. The predicted octanol–water partition coefficient (Wildman–Crippen LogP) is 4.76. The summed E-state index contributed by atoms with van der Waals surface area (Å²) in [6, 6.07) is 18.5.